The Morgan fingerprint density at radius 2 is 2.00 bits per heavy atom. The van der Waals surface area contributed by atoms with Crippen LogP contribution in [0.15, 0.2) is 11.8 Å². The zero-order chi connectivity index (χ0) is 20.0. The van der Waals surface area contributed by atoms with Crippen molar-refractivity contribution < 1.29 is 54.5 Å². The molecule has 26 heavy (non-hydrogen) atoms. The van der Waals surface area contributed by atoms with E-state index in [-0.39, 0.29) is 6.29 Å². The molecule has 0 fully saturated rings. The lowest BCUT2D eigenvalue weighted by atomic mass is 10.0. The Morgan fingerprint density at radius 1 is 1.38 bits per heavy atom. The van der Waals surface area contributed by atoms with E-state index in [4.69, 9.17) is 19.7 Å². The molecule has 0 aromatic rings. The highest BCUT2D eigenvalue weighted by Crippen LogP contribution is 2.23. The number of aliphatic hydroxyl groups is 5. The van der Waals surface area contributed by atoms with Gasteiger partial charge in [0.05, 0.1) is 6.61 Å². The summed E-state index contributed by atoms with van der Waals surface area (Å²) in [6.07, 6.45) is -9.96. The molecule has 0 saturated carbocycles. The van der Waals surface area contributed by atoms with Gasteiger partial charge in [-0.05, 0) is 6.08 Å². The van der Waals surface area contributed by atoms with Crippen LogP contribution in [-0.4, -0.2) is 98.3 Å². The molecular weight excluding hydrogens is 358 g/mol. The van der Waals surface area contributed by atoms with Gasteiger partial charge in [0, 0.05) is 6.92 Å². The van der Waals surface area contributed by atoms with E-state index in [9.17, 15) is 34.8 Å². The number of carbonyl (C=O) groups is 3. The number of hydrogen-bond acceptors (Lipinski definition) is 10. The van der Waals surface area contributed by atoms with Crippen molar-refractivity contribution in [2.75, 3.05) is 6.61 Å². The predicted octanol–water partition coefficient (Wildman–Crippen LogP) is -4.16. The monoisotopic (exact) mass is 379 g/mol. The number of hydrogen-bond donors (Lipinski definition) is 7. The number of carboxylic acid groups (broad SMARTS) is 1. The molecule has 1 amide bonds. The molecule has 1 aliphatic rings. The van der Waals surface area contributed by atoms with E-state index in [0.717, 1.165) is 6.92 Å². The smallest absolute Gasteiger partial charge is 0.371 e. The Balaban J connectivity index is 3.10. The number of nitrogens with one attached hydrogen (secondary N) is 1. The van der Waals surface area contributed by atoms with E-state index in [2.05, 4.69) is 5.32 Å². The molecule has 0 aromatic carbocycles. The summed E-state index contributed by atoms with van der Waals surface area (Å²) >= 11 is 0. The maximum absolute atomic E-state index is 11.2. The van der Waals surface area contributed by atoms with Crippen molar-refractivity contribution in [2.24, 2.45) is 0 Å². The summed E-state index contributed by atoms with van der Waals surface area (Å²) < 4.78 is 10.1. The zero-order valence-electron chi connectivity index (χ0n) is 13.6. The van der Waals surface area contributed by atoms with Crippen LogP contribution in [0.5, 0.6) is 0 Å². The predicted molar refractivity (Wildman–Crippen MR) is 80.2 cm³/mol. The summed E-state index contributed by atoms with van der Waals surface area (Å²) in [5.41, 5.74) is 0. The van der Waals surface area contributed by atoms with Crippen LogP contribution in [0.3, 0.4) is 0 Å². The molecule has 1 heterocycles. The highest BCUT2D eigenvalue weighted by atomic mass is 16.7. The van der Waals surface area contributed by atoms with Gasteiger partial charge in [-0.15, -0.1) is 0 Å². The minimum absolute atomic E-state index is 0.166. The zero-order valence-corrected chi connectivity index (χ0v) is 13.6. The van der Waals surface area contributed by atoms with E-state index >= 15 is 0 Å². The maximum atomic E-state index is 11.2. The number of aliphatic hydroxyl groups excluding tert-OH is 5. The second-order valence-electron chi connectivity index (χ2n) is 5.51. The molecule has 1 rings (SSSR count). The number of aldehydes is 1. The number of carbonyl (C=O) groups excluding carboxylic acids is 2. The molecule has 0 aromatic heterocycles. The quantitative estimate of drug-likeness (QED) is 0.191. The van der Waals surface area contributed by atoms with E-state index in [1.807, 2.05) is 0 Å². The normalized spacial score (nSPS) is 27.3. The van der Waals surface area contributed by atoms with Gasteiger partial charge in [0.2, 0.25) is 18.0 Å². The topological polar surface area (TPSA) is 203 Å². The molecule has 0 bridgehead atoms. The van der Waals surface area contributed by atoms with Crippen LogP contribution in [0.25, 0.3) is 0 Å². The number of amides is 1. The second kappa shape index (κ2) is 9.56. The SMILES string of the molecule is CC(=O)N[C@@H](C=O)[C@@H](O[C@@H]1OC(C(=O)O)=C[C@H](O)[C@H]1O)[C@@H](O)[C@H](O)CO. The second-order valence-corrected chi connectivity index (χ2v) is 5.51. The summed E-state index contributed by atoms with van der Waals surface area (Å²) in [5.74, 6) is -3.03. The van der Waals surface area contributed by atoms with Crippen molar-refractivity contribution in [3.05, 3.63) is 11.8 Å². The van der Waals surface area contributed by atoms with Crippen LogP contribution in [0.1, 0.15) is 6.92 Å². The first-order valence-corrected chi connectivity index (χ1v) is 7.45. The maximum Gasteiger partial charge on any atom is 0.371 e. The van der Waals surface area contributed by atoms with E-state index in [0.29, 0.717) is 6.08 Å². The molecule has 1 aliphatic heterocycles. The molecule has 7 N–H and O–H groups in total. The van der Waals surface area contributed by atoms with Crippen molar-refractivity contribution in [3.63, 3.8) is 0 Å². The highest BCUT2D eigenvalue weighted by Gasteiger charge is 2.42. The van der Waals surface area contributed by atoms with Gasteiger partial charge in [-0.25, -0.2) is 4.79 Å². The van der Waals surface area contributed by atoms with Crippen molar-refractivity contribution >= 4 is 18.2 Å². The highest BCUT2D eigenvalue weighted by molar-refractivity contribution is 5.84. The molecule has 12 heteroatoms. The molecule has 0 spiro atoms. The van der Waals surface area contributed by atoms with Crippen LogP contribution < -0.4 is 5.32 Å². The Morgan fingerprint density at radius 3 is 2.46 bits per heavy atom. The largest absolute Gasteiger partial charge is 0.475 e. The first-order chi connectivity index (χ1) is 12.1. The average Bonchev–Trinajstić information content (AvgIpc) is 2.59. The van der Waals surface area contributed by atoms with Gasteiger partial charge < -0.3 is 50.2 Å². The lowest BCUT2D eigenvalue weighted by Gasteiger charge is -2.37. The third-order valence-electron chi connectivity index (χ3n) is 3.48. The van der Waals surface area contributed by atoms with E-state index in [1.165, 1.54) is 0 Å². The van der Waals surface area contributed by atoms with Crippen LogP contribution in [0.4, 0.5) is 0 Å². The van der Waals surface area contributed by atoms with Gasteiger partial charge in [0.25, 0.3) is 0 Å². The molecule has 0 aliphatic carbocycles. The molecule has 148 valence electrons. The van der Waals surface area contributed by atoms with Crippen molar-refractivity contribution in [1.29, 1.82) is 0 Å². The number of ether oxygens (including phenoxy) is 2. The number of carboxylic acids is 1. The molecule has 12 nitrogen and oxygen atoms in total. The van der Waals surface area contributed by atoms with Gasteiger partial charge in [0.1, 0.15) is 42.8 Å². The Bertz CT molecular complexity index is 551. The minimum atomic E-state index is -1.94. The third-order valence-corrected chi connectivity index (χ3v) is 3.48. The Kier molecular flexibility index (Phi) is 8.08. The fourth-order valence-corrected chi connectivity index (χ4v) is 2.17. The van der Waals surface area contributed by atoms with Gasteiger partial charge in [-0.2, -0.15) is 0 Å². The van der Waals surface area contributed by atoms with E-state index in [1.54, 1.807) is 0 Å². The molecule has 0 saturated heterocycles. The van der Waals surface area contributed by atoms with Crippen molar-refractivity contribution in [3.8, 4) is 0 Å². The lowest BCUT2D eigenvalue weighted by molar-refractivity contribution is -0.248. The third kappa shape index (κ3) is 5.45. The summed E-state index contributed by atoms with van der Waals surface area (Å²) in [7, 11) is 0. The van der Waals surface area contributed by atoms with Gasteiger partial charge >= 0.3 is 5.97 Å². The first-order valence-electron chi connectivity index (χ1n) is 7.45. The fraction of sp³-hybridized carbons (Fsp3) is 0.643. The van der Waals surface area contributed by atoms with Crippen molar-refractivity contribution in [1.82, 2.24) is 5.32 Å². The summed E-state index contributed by atoms with van der Waals surface area (Å²) in [6.45, 7) is 0.132. The summed E-state index contributed by atoms with van der Waals surface area (Å²) in [6, 6.07) is -1.55. The standard InChI is InChI=1S/C14H21NO11/c1-5(18)15-6(3-16)12(10(21)8(20)4-17)26-14-11(22)7(19)2-9(25-14)13(23)24/h2-3,6-8,10-12,14,17,19-22H,4H2,1H3,(H,15,18)(H,23,24)/t6-,7-,8+,10-,11+,12+,14-/m0/s1. The fourth-order valence-electron chi connectivity index (χ4n) is 2.17. The molecule has 7 atom stereocenters. The van der Waals surface area contributed by atoms with Gasteiger partial charge in [-0.3, -0.25) is 4.79 Å². The first kappa shape index (κ1) is 22.0. The van der Waals surface area contributed by atoms with Crippen LogP contribution >= 0.6 is 0 Å². The number of aliphatic carboxylic acids is 1. The van der Waals surface area contributed by atoms with Crippen molar-refractivity contribution in [2.45, 2.75) is 49.8 Å². The Hall–Kier alpha value is -2.09. The summed E-state index contributed by atoms with van der Waals surface area (Å²) in [4.78, 5) is 33.4. The van der Waals surface area contributed by atoms with Gasteiger partial charge in [-0.1, -0.05) is 0 Å². The van der Waals surface area contributed by atoms with E-state index < -0.39 is 67.1 Å². The van der Waals surface area contributed by atoms with Crippen LogP contribution in [-0.2, 0) is 23.9 Å². The Labute approximate surface area is 147 Å². The molecular formula is C14H21NO11. The number of rotatable bonds is 9. The van der Waals surface area contributed by atoms with Crippen LogP contribution in [0, 0.1) is 0 Å². The van der Waals surface area contributed by atoms with Gasteiger partial charge in [0.15, 0.2) is 0 Å². The molecule has 0 unspecified atom stereocenters. The lowest BCUT2D eigenvalue weighted by Crippen LogP contribution is -2.57. The summed E-state index contributed by atoms with van der Waals surface area (Å²) in [5, 5.41) is 59.2. The van der Waals surface area contributed by atoms with Crippen LogP contribution in [0.2, 0.25) is 0 Å². The average molecular weight is 379 g/mol. The molecule has 0 radical (unpaired) electrons. The minimum Gasteiger partial charge on any atom is -0.475 e.